The summed E-state index contributed by atoms with van der Waals surface area (Å²) in [6.07, 6.45) is 0. The van der Waals surface area contributed by atoms with Crippen LogP contribution in [-0.4, -0.2) is 21.5 Å². The van der Waals surface area contributed by atoms with Gasteiger partial charge in [-0.25, -0.2) is 0 Å². The highest BCUT2D eigenvalue weighted by molar-refractivity contribution is 5.54. The first-order valence-corrected chi connectivity index (χ1v) is 5.54. The van der Waals surface area contributed by atoms with E-state index in [2.05, 4.69) is 25.6 Å². The molecule has 1 aromatic carbocycles. The smallest absolute Gasteiger partial charge is 0.238 e. The standard InChI is InChI=1S/C12H12N6/c1-2-14-11-16-10(8-13)17-12(18-11)15-9-6-4-3-5-7-9/h3-7H,2H2,1H3,(H2,14,15,16,17,18). The lowest BCUT2D eigenvalue weighted by molar-refractivity contribution is 1.000. The fraction of sp³-hybridized carbons (Fsp3) is 0.167. The summed E-state index contributed by atoms with van der Waals surface area (Å²) >= 11 is 0. The third-order valence-electron chi connectivity index (χ3n) is 2.10. The van der Waals surface area contributed by atoms with Gasteiger partial charge in [0.2, 0.25) is 17.7 Å². The maximum absolute atomic E-state index is 8.86. The molecule has 0 saturated heterocycles. The lowest BCUT2D eigenvalue weighted by Gasteiger charge is -2.06. The molecule has 2 rings (SSSR count). The first-order chi connectivity index (χ1) is 8.81. The third-order valence-corrected chi connectivity index (χ3v) is 2.10. The maximum Gasteiger partial charge on any atom is 0.238 e. The Bertz CT molecular complexity index is 561. The molecule has 2 aromatic rings. The molecule has 18 heavy (non-hydrogen) atoms. The van der Waals surface area contributed by atoms with Gasteiger partial charge in [0.1, 0.15) is 6.07 Å². The Hall–Kier alpha value is -2.68. The zero-order valence-electron chi connectivity index (χ0n) is 9.88. The zero-order valence-corrected chi connectivity index (χ0v) is 9.88. The van der Waals surface area contributed by atoms with Gasteiger partial charge in [-0.05, 0) is 19.1 Å². The van der Waals surface area contributed by atoms with E-state index >= 15 is 0 Å². The molecule has 1 heterocycles. The van der Waals surface area contributed by atoms with Crippen LogP contribution in [0.5, 0.6) is 0 Å². The molecule has 0 amide bonds. The van der Waals surface area contributed by atoms with E-state index in [1.807, 2.05) is 43.3 Å². The SMILES string of the molecule is CCNc1nc(C#N)nc(Nc2ccccc2)n1. The predicted molar refractivity (Wildman–Crippen MR) is 68.4 cm³/mol. The molecule has 0 unspecified atom stereocenters. The molecule has 6 heteroatoms. The van der Waals surface area contributed by atoms with Gasteiger partial charge in [-0.1, -0.05) is 18.2 Å². The van der Waals surface area contributed by atoms with Crippen molar-refractivity contribution < 1.29 is 0 Å². The molecule has 6 nitrogen and oxygen atoms in total. The minimum absolute atomic E-state index is 0.0828. The van der Waals surface area contributed by atoms with Crippen LogP contribution in [0.15, 0.2) is 30.3 Å². The van der Waals surface area contributed by atoms with Gasteiger partial charge in [0.25, 0.3) is 0 Å². The largest absolute Gasteiger partial charge is 0.354 e. The van der Waals surface area contributed by atoms with Crippen molar-refractivity contribution in [3.8, 4) is 6.07 Å². The Morgan fingerprint density at radius 1 is 1.11 bits per heavy atom. The van der Waals surface area contributed by atoms with Gasteiger partial charge in [0, 0.05) is 12.2 Å². The van der Waals surface area contributed by atoms with Crippen LogP contribution in [0.3, 0.4) is 0 Å². The van der Waals surface area contributed by atoms with Crippen LogP contribution in [0.25, 0.3) is 0 Å². The Morgan fingerprint density at radius 2 is 1.83 bits per heavy atom. The normalized spacial score (nSPS) is 9.56. The summed E-state index contributed by atoms with van der Waals surface area (Å²) in [7, 11) is 0. The van der Waals surface area contributed by atoms with E-state index in [9.17, 15) is 0 Å². The van der Waals surface area contributed by atoms with Crippen molar-refractivity contribution in [2.24, 2.45) is 0 Å². The molecule has 0 aliphatic carbocycles. The zero-order chi connectivity index (χ0) is 12.8. The number of nitrogens with one attached hydrogen (secondary N) is 2. The van der Waals surface area contributed by atoms with Gasteiger partial charge in [-0.3, -0.25) is 0 Å². The number of para-hydroxylation sites is 1. The van der Waals surface area contributed by atoms with Gasteiger partial charge >= 0.3 is 0 Å². The fourth-order valence-electron chi connectivity index (χ4n) is 1.37. The number of hydrogen-bond acceptors (Lipinski definition) is 6. The molecule has 0 spiro atoms. The summed E-state index contributed by atoms with van der Waals surface area (Å²) in [5.74, 6) is 0.825. The van der Waals surface area contributed by atoms with E-state index in [0.29, 0.717) is 18.4 Å². The highest BCUT2D eigenvalue weighted by Gasteiger charge is 2.05. The average molecular weight is 240 g/mol. The van der Waals surface area contributed by atoms with Gasteiger partial charge in [-0.2, -0.15) is 20.2 Å². The van der Waals surface area contributed by atoms with Crippen LogP contribution in [0.1, 0.15) is 12.7 Å². The minimum Gasteiger partial charge on any atom is -0.354 e. The highest BCUT2D eigenvalue weighted by atomic mass is 15.2. The van der Waals surface area contributed by atoms with E-state index in [1.165, 1.54) is 0 Å². The van der Waals surface area contributed by atoms with Gasteiger partial charge in [0.05, 0.1) is 0 Å². The molecule has 0 bridgehead atoms. The quantitative estimate of drug-likeness (QED) is 0.849. The van der Waals surface area contributed by atoms with E-state index in [-0.39, 0.29) is 5.82 Å². The lowest BCUT2D eigenvalue weighted by Crippen LogP contribution is -2.08. The van der Waals surface area contributed by atoms with Crippen molar-refractivity contribution in [3.05, 3.63) is 36.2 Å². The van der Waals surface area contributed by atoms with Crippen LogP contribution in [0.2, 0.25) is 0 Å². The van der Waals surface area contributed by atoms with Crippen LogP contribution >= 0.6 is 0 Å². The molecular formula is C12H12N6. The third kappa shape index (κ3) is 2.92. The van der Waals surface area contributed by atoms with Crippen molar-refractivity contribution in [3.63, 3.8) is 0 Å². The number of nitrogens with zero attached hydrogens (tertiary/aromatic N) is 4. The molecule has 0 fully saturated rings. The molecule has 0 atom stereocenters. The summed E-state index contributed by atoms with van der Waals surface area (Å²) in [4.78, 5) is 12.1. The van der Waals surface area contributed by atoms with Crippen molar-refractivity contribution in [1.29, 1.82) is 5.26 Å². The van der Waals surface area contributed by atoms with Gasteiger partial charge in [0.15, 0.2) is 0 Å². The summed E-state index contributed by atoms with van der Waals surface area (Å²) in [6, 6.07) is 11.4. The second kappa shape index (κ2) is 5.59. The number of benzene rings is 1. The van der Waals surface area contributed by atoms with E-state index < -0.39 is 0 Å². The van der Waals surface area contributed by atoms with Crippen LogP contribution < -0.4 is 10.6 Å². The summed E-state index contributed by atoms with van der Waals surface area (Å²) in [5, 5.41) is 14.8. The van der Waals surface area contributed by atoms with Crippen molar-refractivity contribution >= 4 is 17.6 Å². The molecular weight excluding hydrogens is 228 g/mol. The summed E-state index contributed by atoms with van der Waals surface area (Å²) < 4.78 is 0. The Morgan fingerprint density at radius 3 is 2.50 bits per heavy atom. The van der Waals surface area contributed by atoms with Crippen molar-refractivity contribution in [2.45, 2.75) is 6.92 Å². The molecule has 90 valence electrons. The number of anilines is 3. The molecule has 0 saturated carbocycles. The Kier molecular flexibility index (Phi) is 3.66. The maximum atomic E-state index is 8.86. The predicted octanol–water partition coefficient (Wildman–Crippen LogP) is 1.92. The van der Waals surface area contributed by atoms with E-state index in [1.54, 1.807) is 0 Å². The van der Waals surface area contributed by atoms with Crippen molar-refractivity contribution in [1.82, 2.24) is 15.0 Å². The topological polar surface area (TPSA) is 86.5 Å². The summed E-state index contributed by atoms with van der Waals surface area (Å²) in [6.45, 7) is 2.61. The van der Waals surface area contributed by atoms with Crippen LogP contribution in [-0.2, 0) is 0 Å². The number of aromatic nitrogens is 3. The Labute approximate surface area is 105 Å². The average Bonchev–Trinajstić information content (AvgIpc) is 2.40. The van der Waals surface area contributed by atoms with Crippen LogP contribution in [0, 0.1) is 11.3 Å². The van der Waals surface area contributed by atoms with E-state index in [0.717, 1.165) is 5.69 Å². The van der Waals surface area contributed by atoms with Crippen LogP contribution in [0.4, 0.5) is 17.6 Å². The van der Waals surface area contributed by atoms with E-state index in [4.69, 9.17) is 5.26 Å². The van der Waals surface area contributed by atoms with Gasteiger partial charge < -0.3 is 10.6 Å². The second-order valence-corrected chi connectivity index (χ2v) is 3.44. The molecule has 2 N–H and O–H groups in total. The first-order valence-electron chi connectivity index (χ1n) is 5.54. The number of rotatable bonds is 4. The number of hydrogen-bond donors (Lipinski definition) is 2. The molecule has 1 aromatic heterocycles. The molecule has 0 aliphatic heterocycles. The lowest BCUT2D eigenvalue weighted by atomic mass is 10.3. The van der Waals surface area contributed by atoms with Gasteiger partial charge in [-0.15, -0.1) is 0 Å². The Balaban J connectivity index is 2.27. The minimum atomic E-state index is 0.0828. The molecule has 0 aliphatic rings. The summed E-state index contributed by atoms with van der Waals surface area (Å²) in [5.41, 5.74) is 0.857. The van der Waals surface area contributed by atoms with Crippen molar-refractivity contribution in [2.75, 3.05) is 17.2 Å². The highest BCUT2D eigenvalue weighted by Crippen LogP contribution is 2.13. The fourth-order valence-corrected chi connectivity index (χ4v) is 1.37. The monoisotopic (exact) mass is 240 g/mol. The number of nitriles is 1. The second-order valence-electron chi connectivity index (χ2n) is 3.44. The first kappa shape index (κ1) is 11.8. The molecule has 0 radical (unpaired) electrons.